The van der Waals surface area contributed by atoms with E-state index in [1.807, 2.05) is 43.3 Å². The van der Waals surface area contributed by atoms with E-state index in [9.17, 15) is 9.90 Å². The molecule has 0 fully saturated rings. The Morgan fingerprint density at radius 3 is 2.67 bits per heavy atom. The molecule has 0 bridgehead atoms. The van der Waals surface area contributed by atoms with E-state index in [0.717, 1.165) is 11.1 Å². The minimum absolute atomic E-state index is 0.226. The molecule has 4 heteroatoms. The maximum absolute atomic E-state index is 11.7. The van der Waals surface area contributed by atoms with E-state index in [0.29, 0.717) is 12.1 Å². The van der Waals surface area contributed by atoms with E-state index in [2.05, 4.69) is 5.32 Å². The summed E-state index contributed by atoms with van der Waals surface area (Å²) in [5.74, 6) is 0. The number of benzene rings is 2. The smallest absolute Gasteiger partial charge is 0.411 e. The van der Waals surface area contributed by atoms with Gasteiger partial charge in [-0.15, -0.1) is 0 Å². The van der Waals surface area contributed by atoms with Crippen LogP contribution in [0.2, 0.25) is 0 Å². The van der Waals surface area contributed by atoms with E-state index >= 15 is 0 Å². The number of rotatable bonds is 5. The van der Waals surface area contributed by atoms with E-state index in [4.69, 9.17) is 4.74 Å². The first-order valence-electron chi connectivity index (χ1n) is 6.94. The fraction of sp³-hybridized carbons (Fsp3) is 0.235. The topological polar surface area (TPSA) is 58.6 Å². The molecule has 1 amide bonds. The molecule has 0 saturated carbocycles. The predicted octanol–water partition coefficient (Wildman–Crippen LogP) is 3.88. The molecule has 0 spiro atoms. The third-order valence-electron chi connectivity index (χ3n) is 3.12. The molecule has 2 aromatic carbocycles. The van der Waals surface area contributed by atoms with Crippen LogP contribution < -0.4 is 5.32 Å². The number of carbonyl (C=O) groups is 1. The van der Waals surface area contributed by atoms with Gasteiger partial charge in [0.05, 0.1) is 6.10 Å². The van der Waals surface area contributed by atoms with Gasteiger partial charge < -0.3 is 9.84 Å². The van der Waals surface area contributed by atoms with Crippen LogP contribution in [-0.2, 0) is 11.3 Å². The Labute approximate surface area is 124 Å². The molecular formula is C17H19NO3. The Morgan fingerprint density at radius 1 is 1.19 bits per heavy atom. The summed E-state index contributed by atoms with van der Waals surface area (Å²) >= 11 is 0. The Balaban J connectivity index is 1.90. The Bertz CT molecular complexity index is 584. The number of carbonyl (C=O) groups excluding carboxylic acids is 1. The van der Waals surface area contributed by atoms with Crippen molar-refractivity contribution in [2.75, 3.05) is 5.32 Å². The van der Waals surface area contributed by atoms with Gasteiger partial charge in [-0.2, -0.15) is 0 Å². The van der Waals surface area contributed by atoms with Crippen molar-refractivity contribution in [1.29, 1.82) is 0 Å². The Hall–Kier alpha value is -2.33. The van der Waals surface area contributed by atoms with Crippen LogP contribution in [0.5, 0.6) is 0 Å². The number of hydrogen-bond acceptors (Lipinski definition) is 3. The van der Waals surface area contributed by atoms with Gasteiger partial charge in [0.1, 0.15) is 6.61 Å². The summed E-state index contributed by atoms with van der Waals surface area (Å²) in [4.78, 5) is 11.7. The molecular weight excluding hydrogens is 266 g/mol. The highest BCUT2D eigenvalue weighted by atomic mass is 16.5. The minimum Gasteiger partial charge on any atom is -0.444 e. The largest absolute Gasteiger partial charge is 0.444 e. The van der Waals surface area contributed by atoms with Crippen molar-refractivity contribution < 1.29 is 14.6 Å². The molecule has 0 radical (unpaired) electrons. The average molecular weight is 285 g/mol. The van der Waals surface area contributed by atoms with Crippen molar-refractivity contribution in [1.82, 2.24) is 0 Å². The SMILES string of the molecule is CC[C@@H](O)c1cccc(NC(=O)OCc2ccccc2)c1. The van der Waals surface area contributed by atoms with E-state index in [1.54, 1.807) is 18.2 Å². The quantitative estimate of drug-likeness (QED) is 0.876. The standard InChI is InChI=1S/C17H19NO3/c1-2-16(19)14-9-6-10-15(11-14)18-17(20)21-12-13-7-4-3-5-8-13/h3-11,16,19H,2,12H2,1H3,(H,18,20)/t16-/m1/s1. The summed E-state index contributed by atoms with van der Waals surface area (Å²) in [5.41, 5.74) is 2.32. The molecule has 21 heavy (non-hydrogen) atoms. The van der Waals surface area contributed by atoms with Gasteiger partial charge in [0, 0.05) is 5.69 Å². The maximum atomic E-state index is 11.7. The fourth-order valence-corrected chi connectivity index (χ4v) is 1.94. The molecule has 110 valence electrons. The van der Waals surface area contributed by atoms with Crippen LogP contribution >= 0.6 is 0 Å². The first-order chi connectivity index (χ1) is 10.2. The molecule has 0 heterocycles. The molecule has 0 aliphatic rings. The van der Waals surface area contributed by atoms with Gasteiger partial charge >= 0.3 is 6.09 Å². The van der Waals surface area contributed by atoms with E-state index in [1.165, 1.54) is 0 Å². The van der Waals surface area contributed by atoms with Crippen LogP contribution in [0.4, 0.5) is 10.5 Å². The van der Waals surface area contributed by atoms with E-state index in [-0.39, 0.29) is 6.61 Å². The predicted molar refractivity (Wildman–Crippen MR) is 81.9 cm³/mol. The van der Waals surface area contributed by atoms with Crippen LogP contribution in [0.3, 0.4) is 0 Å². The second-order valence-corrected chi connectivity index (χ2v) is 4.74. The van der Waals surface area contributed by atoms with Crippen molar-refractivity contribution in [2.45, 2.75) is 26.1 Å². The number of anilines is 1. The molecule has 2 aromatic rings. The van der Waals surface area contributed by atoms with Gasteiger partial charge in [-0.1, -0.05) is 49.4 Å². The second-order valence-electron chi connectivity index (χ2n) is 4.74. The molecule has 4 nitrogen and oxygen atoms in total. The van der Waals surface area contributed by atoms with Crippen LogP contribution in [0.15, 0.2) is 54.6 Å². The number of hydrogen-bond donors (Lipinski definition) is 2. The summed E-state index contributed by atoms with van der Waals surface area (Å²) in [6, 6.07) is 16.6. The fourth-order valence-electron chi connectivity index (χ4n) is 1.94. The number of amides is 1. The van der Waals surface area contributed by atoms with Crippen LogP contribution in [0.25, 0.3) is 0 Å². The van der Waals surface area contributed by atoms with E-state index < -0.39 is 12.2 Å². The Morgan fingerprint density at radius 2 is 1.95 bits per heavy atom. The molecule has 2 rings (SSSR count). The highest BCUT2D eigenvalue weighted by Crippen LogP contribution is 2.20. The lowest BCUT2D eigenvalue weighted by Gasteiger charge is -2.11. The zero-order valence-electron chi connectivity index (χ0n) is 12.0. The second kappa shape index (κ2) is 7.45. The molecule has 1 atom stereocenters. The molecule has 0 aliphatic carbocycles. The van der Waals surface area contributed by atoms with Crippen LogP contribution in [0, 0.1) is 0 Å². The van der Waals surface area contributed by atoms with Gasteiger partial charge in [0.25, 0.3) is 0 Å². The van der Waals surface area contributed by atoms with Gasteiger partial charge in [0.2, 0.25) is 0 Å². The molecule has 0 saturated heterocycles. The molecule has 2 N–H and O–H groups in total. The number of nitrogens with one attached hydrogen (secondary N) is 1. The van der Waals surface area contributed by atoms with Crippen molar-refractivity contribution in [3.8, 4) is 0 Å². The molecule has 0 unspecified atom stereocenters. The van der Waals surface area contributed by atoms with Crippen molar-refractivity contribution in [3.63, 3.8) is 0 Å². The number of ether oxygens (including phenoxy) is 1. The monoisotopic (exact) mass is 285 g/mol. The summed E-state index contributed by atoms with van der Waals surface area (Å²) < 4.78 is 5.15. The van der Waals surface area contributed by atoms with Crippen molar-refractivity contribution in [3.05, 3.63) is 65.7 Å². The third kappa shape index (κ3) is 4.61. The normalized spacial score (nSPS) is 11.7. The van der Waals surface area contributed by atoms with Gasteiger partial charge in [0.15, 0.2) is 0 Å². The minimum atomic E-state index is -0.521. The first kappa shape index (κ1) is 15.1. The zero-order chi connectivity index (χ0) is 15.1. The Kier molecular flexibility index (Phi) is 5.35. The third-order valence-corrected chi connectivity index (χ3v) is 3.12. The molecule has 0 aliphatic heterocycles. The van der Waals surface area contributed by atoms with Crippen molar-refractivity contribution in [2.24, 2.45) is 0 Å². The van der Waals surface area contributed by atoms with Gasteiger partial charge in [-0.25, -0.2) is 4.79 Å². The first-order valence-corrected chi connectivity index (χ1v) is 6.94. The maximum Gasteiger partial charge on any atom is 0.411 e. The lowest BCUT2D eigenvalue weighted by atomic mass is 10.1. The lowest BCUT2D eigenvalue weighted by molar-refractivity contribution is 0.155. The lowest BCUT2D eigenvalue weighted by Crippen LogP contribution is -2.13. The highest BCUT2D eigenvalue weighted by molar-refractivity contribution is 5.84. The van der Waals surface area contributed by atoms with Gasteiger partial charge in [-0.3, -0.25) is 5.32 Å². The zero-order valence-corrected chi connectivity index (χ0v) is 12.0. The van der Waals surface area contributed by atoms with Crippen LogP contribution in [-0.4, -0.2) is 11.2 Å². The summed E-state index contributed by atoms with van der Waals surface area (Å²) in [7, 11) is 0. The number of aliphatic hydroxyl groups excluding tert-OH is 1. The van der Waals surface area contributed by atoms with Gasteiger partial charge in [-0.05, 0) is 29.7 Å². The summed E-state index contributed by atoms with van der Waals surface area (Å²) in [6.45, 7) is 2.13. The summed E-state index contributed by atoms with van der Waals surface area (Å²) in [6.07, 6.45) is -0.406. The average Bonchev–Trinajstić information content (AvgIpc) is 2.53. The van der Waals surface area contributed by atoms with Crippen molar-refractivity contribution >= 4 is 11.8 Å². The molecule has 0 aromatic heterocycles. The highest BCUT2D eigenvalue weighted by Gasteiger charge is 2.08. The summed E-state index contributed by atoms with van der Waals surface area (Å²) in [5, 5.41) is 12.5. The van der Waals surface area contributed by atoms with Crippen LogP contribution in [0.1, 0.15) is 30.6 Å². The number of aliphatic hydroxyl groups is 1.